The molecule has 3 aromatic rings. The quantitative estimate of drug-likeness (QED) is 0.468. The molecule has 160 valence electrons. The summed E-state index contributed by atoms with van der Waals surface area (Å²) >= 11 is 6.19. The molecule has 3 N–H and O–H groups in total. The minimum atomic E-state index is -0.266. The van der Waals surface area contributed by atoms with Gasteiger partial charge in [-0.15, -0.1) is 0 Å². The molecule has 0 saturated carbocycles. The normalized spacial score (nSPS) is 11.5. The Labute approximate surface area is 186 Å². The van der Waals surface area contributed by atoms with Crippen LogP contribution < -0.4 is 20.7 Å². The number of amides is 2. The van der Waals surface area contributed by atoms with Gasteiger partial charge in [0, 0.05) is 22.3 Å². The first-order valence-electron chi connectivity index (χ1n) is 9.80. The Kier molecular flexibility index (Phi) is 7.65. The third-order valence-corrected chi connectivity index (χ3v) is 5.07. The summed E-state index contributed by atoms with van der Waals surface area (Å²) in [6.45, 7) is 2.08. The maximum atomic E-state index is 12.5. The minimum Gasteiger partial charge on any atom is -0.495 e. The smallest absolute Gasteiger partial charge is 0.255 e. The molecule has 0 aliphatic carbocycles. The number of methoxy groups -OCH3 is 1. The monoisotopic (exact) mass is 437 g/mol. The zero-order chi connectivity index (χ0) is 22.2. The van der Waals surface area contributed by atoms with Crippen LogP contribution in [0.2, 0.25) is 5.02 Å². The van der Waals surface area contributed by atoms with Crippen molar-refractivity contribution >= 4 is 34.8 Å². The van der Waals surface area contributed by atoms with Crippen LogP contribution in [-0.4, -0.2) is 25.5 Å². The second kappa shape index (κ2) is 10.6. The van der Waals surface area contributed by atoms with E-state index in [-0.39, 0.29) is 24.4 Å². The zero-order valence-corrected chi connectivity index (χ0v) is 18.1. The van der Waals surface area contributed by atoms with Gasteiger partial charge in [0.15, 0.2) is 0 Å². The lowest BCUT2D eigenvalue weighted by Crippen LogP contribution is -2.30. The Balaban J connectivity index is 1.53. The summed E-state index contributed by atoms with van der Waals surface area (Å²) in [7, 11) is 1.55. The van der Waals surface area contributed by atoms with E-state index in [9.17, 15) is 9.59 Å². The second-order valence-electron chi connectivity index (χ2n) is 6.90. The van der Waals surface area contributed by atoms with Crippen LogP contribution in [0.15, 0.2) is 72.8 Å². The molecule has 0 aliphatic heterocycles. The number of hydrogen-bond donors (Lipinski definition) is 3. The molecule has 0 aliphatic rings. The molecule has 0 fully saturated rings. The van der Waals surface area contributed by atoms with Crippen LogP contribution in [0.25, 0.3) is 0 Å². The molecule has 0 bridgehead atoms. The molecule has 0 aromatic heterocycles. The standard InChI is InChI=1S/C24H24ClN3O3/c1-16(19-7-3-4-8-20(19)25)26-15-23(29)27-18-13-11-17(12-14-18)24(30)28-21-9-5-6-10-22(21)31-2/h3-14,16,26H,15H2,1-2H3,(H,27,29)(H,28,30). The second-order valence-corrected chi connectivity index (χ2v) is 7.31. The van der Waals surface area contributed by atoms with Gasteiger partial charge in [0.1, 0.15) is 5.75 Å². The lowest BCUT2D eigenvalue weighted by Gasteiger charge is -2.15. The van der Waals surface area contributed by atoms with Gasteiger partial charge in [-0.3, -0.25) is 9.59 Å². The van der Waals surface area contributed by atoms with Crippen molar-refractivity contribution in [3.8, 4) is 5.75 Å². The highest BCUT2D eigenvalue weighted by atomic mass is 35.5. The molecule has 31 heavy (non-hydrogen) atoms. The van der Waals surface area contributed by atoms with E-state index in [0.29, 0.717) is 27.7 Å². The molecule has 2 amide bonds. The number of anilines is 2. The van der Waals surface area contributed by atoms with E-state index in [2.05, 4.69) is 16.0 Å². The van der Waals surface area contributed by atoms with Crippen molar-refractivity contribution in [3.63, 3.8) is 0 Å². The summed E-state index contributed by atoms with van der Waals surface area (Å²) < 4.78 is 5.24. The summed E-state index contributed by atoms with van der Waals surface area (Å²) in [5.41, 5.74) is 2.59. The fourth-order valence-corrected chi connectivity index (χ4v) is 3.33. The first-order chi connectivity index (χ1) is 15.0. The van der Waals surface area contributed by atoms with E-state index in [1.165, 1.54) is 0 Å². The fourth-order valence-electron chi connectivity index (χ4n) is 3.03. The van der Waals surface area contributed by atoms with Gasteiger partial charge in [-0.05, 0) is 55.0 Å². The maximum absolute atomic E-state index is 12.5. The van der Waals surface area contributed by atoms with Gasteiger partial charge >= 0.3 is 0 Å². The van der Waals surface area contributed by atoms with Gasteiger partial charge in [-0.1, -0.05) is 41.9 Å². The molecule has 7 heteroatoms. The van der Waals surface area contributed by atoms with E-state index >= 15 is 0 Å². The largest absolute Gasteiger partial charge is 0.495 e. The Bertz CT molecular complexity index is 1050. The summed E-state index contributed by atoms with van der Waals surface area (Å²) in [5.74, 6) is 0.126. The summed E-state index contributed by atoms with van der Waals surface area (Å²) in [4.78, 5) is 24.7. The number of benzene rings is 3. The van der Waals surface area contributed by atoms with Crippen molar-refractivity contribution < 1.29 is 14.3 Å². The molecule has 0 heterocycles. The topological polar surface area (TPSA) is 79.5 Å². The van der Waals surface area contributed by atoms with Crippen LogP contribution in [0.3, 0.4) is 0 Å². The van der Waals surface area contributed by atoms with Crippen molar-refractivity contribution in [2.45, 2.75) is 13.0 Å². The average Bonchev–Trinajstić information content (AvgIpc) is 2.78. The van der Waals surface area contributed by atoms with E-state index in [0.717, 1.165) is 5.56 Å². The minimum absolute atomic E-state index is 0.0690. The number of rotatable bonds is 8. The number of carbonyl (C=O) groups is 2. The molecule has 1 unspecified atom stereocenters. The molecular weight excluding hydrogens is 414 g/mol. The number of para-hydroxylation sites is 2. The highest BCUT2D eigenvalue weighted by molar-refractivity contribution is 6.31. The van der Waals surface area contributed by atoms with Crippen LogP contribution in [0.5, 0.6) is 5.75 Å². The third kappa shape index (κ3) is 6.07. The molecule has 0 spiro atoms. The van der Waals surface area contributed by atoms with Crippen molar-refractivity contribution in [1.82, 2.24) is 5.32 Å². The number of hydrogen-bond acceptors (Lipinski definition) is 4. The molecule has 3 rings (SSSR count). The third-order valence-electron chi connectivity index (χ3n) is 4.73. The number of nitrogens with one attached hydrogen (secondary N) is 3. The van der Waals surface area contributed by atoms with Crippen molar-refractivity contribution in [3.05, 3.63) is 88.9 Å². The number of ether oxygens (including phenoxy) is 1. The van der Waals surface area contributed by atoms with Crippen LogP contribution in [0.1, 0.15) is 28.9 Å². The highest BCUT2D eigenvalue weighted by Gasteiger charge is 2.12. The van der Waals surface area contributed by atoms with E-state index < -0.39 is 0 Å². The fraction of sp³-hybridized carbons (Fsp3) is 0.167. The highest BCUT2D eigenvalue weighted by Crippen LogP contribution is 2.24. The molecular formula is C24H24ClN3O3. The molecule has 0 saturated heterocycles. The molecule has 3 aromatic carbocycles. The van der Waals surface area contributed by atoms with Gasteiger partial charge < -0.3 is 20.7 Å². The van der Waals surface area contributed by atoms with E-state index in [1.54, 1.807) is 43.5 Å². The van der Waals surface area contributed by atoms with Gasteiger partial charge in [-0.2, -0.15) is 0 Å². The van der Waals surface area contributed by atoms with Crippen LogP contribution in [0, 0.1) is 0 Å². The Morgan fingerprint density at radius 1 is 0.935 bits per heavy atom. The molecule has 0 radical (unpaired) electrons. The molecule has 1 atom stereocenters. The van der Waals surface area contributed by atoms with Gasteiger partial charge in [0.25, 0.3) is 5.91 Å². The predicted octanol–water partition coefficient (Wildman–Crippen LogP) is 4.89. The first kappa shape index (κ1) is 22.3. The van der Waals surface area contributed by atoms with Crippen LogP contribution in [-0.2, 0) is 4.79 Å². The Morgan fingerprint density at radius 3 is 2.32 bits per heavy atom. The lowest BCUT2D eigenvalue weighted by atomic mass is 10.1. The van der Waals surface area contributed by atoms with Gasteiger partial charge in [-0.25, -0.2) is 0 Å². The van der Waals surface area contributed by atoms with Crippen molar-refractivity contribution in [2.75, 3.05) is 24.3 Å². The maximum Gasteiger partial charge on any atom is 0.255 e. The molecule has 6 nitrogen and oxygen atoms in total. The van der Waals surface area contributed by atoms with Gasteiger partial charge in [0.05, 0.1) is 19.3 Å². The van der Waals surface area contributed by atoms with E-state index in [1.807, 2.05) is 43.3 Å². The van der Waals surface area contributed by atoms with Crippen molar-refractivity contribution in [2.24, 2.45) is 0 Å². The number of halogens is 1. The lowest BCUT2D eigenvalue weighted by molar-refractivity contribution is -0.115. The zero-order valence-electron chi connectivity index (χ0n) is 17.3. The Hall–Kier alpha value is -3.35. The van der Waals surface area contributed by atoms with Crippen LogP contribution in [0.4, 0.5) is 11.4 Å². The predicted molar refractivity (Wildman–Crippen MR) is 124 cm³/mol. The average molecular weight is 438 g/mol. The summed E-state index contributed by atoms with van der Waals surface area (Å²) in [5, 5.41) is 9.44. The number of carbonyl (C=O) groups excluding carboxylic acids is 2. The summed E-state index contributed by atoms with van der Waals surface area (Å²) in [6, 6.07) is 21.3. The van der Waals surface area contributed by atoms with Gasteiger partial charge in [0.2, 0.25) is 5.91 Å². The van der Waals surface area contributed by atoms with Crippen molar-refractivity contribution in [1.29, 1.82) is 0 Å². The van der Waals surface area contributed by atoms with E-state index in [4.69, 9.17) is 16.3 Å². The van der Waals surface area contributed by atoms with Crippen LogP contribution >= 0.6 is 11.6 Å². The Morgan fingerprint density at radius 2 is 1.61 bits per heavy atom. The summed E-state index contributed by atoms with van der Waals surface area (Å²) in [6.07, 6.45) is 0. The first-order valence-corrected chi connectivity index (χ1v) is 10.2. The SMILES string of the molecule is COc1ccccc1NC(=O)c1ccc(NC(=O)CNC(C)c2ccccc2Cl)cc1.